The van der Waals surface area contributed by atoms with Crippen molar-refractivity contribution in [2.45, 2.75) is 37.3 Å². The van der Waals surface area contributed by atoms with Crippen molar-refractivity contribution in [3.63, 3.8) is 0 Å². The first-order valence-electron chi connectivity index (χ1n) is 12.8. The number of benzene rings is 2. The van der Waals surface area contributed by atoms with Gasteiger partial charge in [0.15, 0.2) is 5.76 Å². The molecule has 0 aliphatic rings. The van der Waals surface area contributed by atoms with Crippen LogP contribution in [0.3, 0.4) is 0 Å². The summed E-state index contributed by atoms with van der Waals surface area (Å²) < 4.78 is 39.0. The van der Waals surface area contributed by atoms with Gasteiger partial charge in [0.25, 0.3) is 5.91 Å². The van der Waals surface area contributed by atoms with Gasteiger partial charge in [-0.2, -0.15) is 4.31 Å². The molecule has 0 aliphatic heterocycles. The van der Waals surface area contributed by atoms with Gasteiger partial charge in [0, 0.05) is 24.5 Å². The quantitative estimate of drug-likeness (QED) is 0.236. The van der Waals surface area contributed by atoms with E-state index < -0.39 is 28.1 Å². The molecule has 2 heterocycles. The fourth-order valence-corrected chi connectivity index (χ4v) is 5.90. The maximum Gasteiger partial charge on any atom is 0.287 e. The SMILES string of the molecule is COc1ccc(S(=O)(=O)N(CC(C)C)C[C@@H](O)[C@H](Cc2ccccc2)NC(=O)c2cc3cc(O)ccc3o2)cn1. The highest BCUT2D eigenvalue weighted by atomic mass is 32.2. The molecule has 3 N–H and O–H groups in total. The van der Waals surface area contributed by atoms with Crippen molar-refractivity contribution < 1.29 is 32.6 Å². The molecule has 2 atom stereocenters. The van der Waals surface area contributed by atoms with E-state index >= 15 is 0 Å². The summed E-state index contributed by atoms with van der Waals surface area (Å²) >= 11 is 0. The highest BCUT2D eigenvalue weighted by Crippen LogP contribution is 2.24. The van der Waals surface area contributed by atoms with Crippen LogP contribution in [0.1, 0.15) is 30.0 Å². The number of hydrogen-bond donors (Lipinski definition) is 3. The molecule has 4 aromatic rings. The van der Waals surface area contributed by atoms with Crippen molar-refractivity contribution in [2.75, 3.05) is 20.2 Å². The van der Waals surface area contributed by atoms with Crippen LogP contribution in [-0.4, -0.2) is 66.2 Å². The predicted octanol–water partition coefficient (Wildman–Crippen LogP) is 3.59. The number of sulfonamides is 1. The Morgan fingerprint density at radius 1 is 1.07 bits per heavy atom. The number of carbonyl (C=O) groups is 1. The number of aliphatic hydroxyl groups is 1. The number of hydrogen-bond acceptors (Lipinski definition) is 8. The molecule has 0 bridgehead atoms. The second kappa shape index (κ2) is 12.5. The second-order valence-corrected chi connectivity index (χ2v) is 11.9. The first-order valence-corrected chi connectivity index (χ1v) is 14.3. The van der Waals surface area contributed by atoms with Gasteiger partial charge in [0.05, 0.1) is 25.5 Å². The maximum atomic E-state index is 13.6. The van der Waals surface area contributed by atoms with Gasteiger partial charge < -0.3 is 24.7 Å². The lowest BCUT2D eigenvalue weighted by Crippen LogP contribution is -2.51. The molecule has 11 heteroatoms. The molecule has 0 radical (unpaired) electrons. The minimum atomic E-state index is -4.02. The van der Waals surface area contributed by atoms with Crippen LogP contribution in [0.5, 0.6) is 11.6 Å². The van der Waals surface area contributed by atoms with Crippen molar-refractivity contribution in [2.24, 2.45) is 5.92 Å². The summed E-state index contributed by atoms with van der Waals surface area (Å²) in [6, 6.07) is 17.3. The number of phenols is 1. The molecule has 2 aromatic heterocycles. The van der Waals surface area contributed by atoms with Crippen LogP contribution in [0.15, 0.2) is 82.2 Å². The number of aliphatic hydroxyl groups excluding tert-OH is 1. The number of aromatic nitrogens is 1. The van der Waals surface area contributed by atoms with Crippen molar-refractivity contribution in [1.29, 1.82) is 0 Å². The molecule has 10 nitrogen and oxygen atoms in total. The molecule has 0 spiro atoms. The van der Waals surface area contributed by atoms with Gasteiger partial charge in [0.1, 0.15) is 16.2 Å². The summed E-state index contributed by atoms with van der Waals surface area (Å²) in [5, 5.41) is 24.5. The van der Waals surface area contributed by atoms with Crippen LogP contribution in [0.25, 0.3) is 11.0 Å². The molecule has 40 heavy (non-hydrogen) atoms. The monoisotopic (exact) mass is 567 g/mol. The molecule has 0 unspecified atom stereocenters. The Balaban J connectivity index is 1.60. The number of phenolic OH excluding ortho intramolecular Hbond substituents is 1. The van der Waals surface area contributed by atoms with Crippen LogP contribution in [0.4, 0.5) is 0 Å². The van der Waals surface area contributed by atoms with E-state index in [1.807, 2.05) is 44.2 Å². The molecular weight excluding hydrogens is 534 g/mol. The van der Waals surface area contributed by atoms with Gasteiger partial charge in [-0.3, -0.25) is 4.79 Å². The molecule has 2 aromatic carbocycles. The molecular formula is C29H33N3O7S. The Morgan fingerprint density at radius 3 is 2.48 bits per heavy atom. The van der Waals surface area contributed by atoms with Gasteiger partial charge in [-0.25, -0.2) is 13.4 Å². The number of carbonyl (C=O) groups excluding carboxylic acids is 1. The summed E-state index contributed by atoms with van der Waals surface area (Å²) in [7, 11) is -2.59. The number of amides is 1. The van der Waals surface area contributed by atoms with Gasteiger partial charge in [-0.15, -0.1) is 0 Å². The first kappa shape index (κ1) is 29.1. The zero-order chi connectivity index (χ0) is 28.9. The third-order valence-corrected chi connectivity index (χ3v) is 8.13. The lowest BCUT2D eigenvalue weighted by molar-refractivity contribution is 0.0756. The summed E-state index contributed by atoms with van der Waals surface area (Å²) in [5.41, 5.74) is 1.27. The van der Waals surface area contributed by atoms with Crippen LogP contribution < -0.4 is 10.1 Å². The average molecular weight is 568 g/mol. The number of fused-ring (bicyclic) bond motifs is 1. The molecule has 0 fully saturated rings. The maximum absolute atomic E-state index is 13.6. The Kier molecular flexibility index (Phi) is 9.08. The summed E-state index contributed by atoms with van der Waals surface area (Å²) in [4.78, 5) is 17.2. The topological polar surface area (TPSA) is 142 Å². The van der Waals surface area contributed by atoms with E-state index in [0.29, 0.717) is 11.0 Å². The molecule has 4 rings (SSSR count). The molecule has 1 amide bonds. The Bertz CT molecular complexity index is 1540. The summed E-state index contributed by atoms with van der Waals surface area (Å²) in [5.74, 6) is -0.297. The lowest BCUT2D eigenvalue weighted by atomic mass is 10.0. The number of ether oxygens (including phenoxy) is 1. The zero-order valence-corrected chi connectivity index (χ0v) is 23.3. The van der Waals surface area contributed by atoms with Crippen LogP contribution >= 0.6 is 0 Å². The third-order valence-electron chi connectivity index (χ3n) is 6.32. The normalized spacial score (nSPS) is 13.4. The minimum absolute atomic E-state index is 0.00169. The number of aromatic hydroxyl groups is 1. The van der Waals surface area contributed by atoms with E-state index in [4.69, 9.17) is 9.15 Å². The van der Waals surface area contributed by atoms with E-state index in [2.05, 4.69) is 10.3 Å². The standard InChI is InChI=1S/C29H33N3O7S/c1-19(2)17-32(40(36,37)23-10-12-28(38-3)30-16-23)18-25(34)24(13-20-7-5-4-6-8-20)31-29(35)27-15-21-14-22(33)9-11-26(21)39-27/h4-12,14-16,19,24-25,33-34H,13,17-18H2,1-3H3,(H,31,35)/t24-,25+/m0/s1. The van der Waals surface area contributed by atoms with Gasteiger partial charge in [-0.1, -0.05) is 44.2 Å². The van der Waals surface area contributed by atoms with Crippen molar-refractivity contribution in [1.82, 2.24) is 14.6 Å². The summed E-state index contributed by atoms with van der Waals surface area (Å²) in [6.07, 6.45) is 0.197. The highest BCUT2D eigenvalue weighted by Gasteiger charge is 2.32. The van der Waals surface area contributed by atoms with E-state index in [-0.39, 0.29) is 47.7 Å². The predicted molar refractivity (Wildman–Crippen MR) is 150 cm³/mol. The van der Waals surface area contributed by atoms with Gasteiger partial charge in [-0.05, 0) is 48.2 Å². The number of methoxy groups -OCH3 is 1. The number of nitrogens with zero attached hydrogens (tertiary/aromatic N) is 2. The zero-order valence-electron chi connectivity index (χ0n) is 22.5. The smallest absolute Gasteiger partial charge is 0.287 e. The van der Waals surface area contributed by atoms with E-state index in [1.165, 1.54) is 47.9 Å². The Morgan fingerprint density at radius 2 is 1.82 bits per heavy atom. The molecule has 0 saturated carbocycles. The fourth-order valence-electron chi connectivity index (χ4n) is 4.34. The number of furan rings is 1. The second-order valence-electron chi connectivity index (χ2n) is 9.92. The molecule has 212 valence electrons. The van der Waals surface area contributed by atoms with Crippen molar-refractivity contribution in [3.05, 3.63) is 84.3 Å². The molecule has 0 aliphatic carbocycles. The van der Waals surface area contributed by atoms with Crippen LogP contribution in [0.2, 0.25) is 0 Å². The van der Waals surface area contributed by atoms with E-state index in [1.54, 1.807) is 6.07 Å². The minimum Gasteiger partial charge on any atom is -0.508 e. The van der Waals surface area contributed by atoms with Gasteiger partial charge >= 0.3 is 0 Å². The lowest BCUT2D eigenvalue weighted by Gasteiger charge is -2.30. The molecule has 0 saturated heterocycles. The highest BCUT2D eigenvalue weighted by molar-refractivity contribution is 7.89. The van der Waals surface area contributed by atoms with Crippen LogP contribution in [-0.2, 0) is 16.4 Å². The van der Waals surface area contributed by atoms with Crippen molar-refractivity contribution >= 4 is 26.9 Å². The van der Waals surface area contributed by atoms with E-state index in [0.717, 1.165) is 5.56 Å². The van der Waals surface area contributed by atoms with Crippen molar-refractivity contribution in [3.8, 4) is 11.6 Å². The fraction of sp³-hybridized carbons (Fsp3) is 0.310. The van der Waals surface area contributed by atoms with E-state index in [9.17, 15) is 23.4 Å². The first-order chi connectivity index (χ1) is 19.1. The Hall–Kier alpha value is -3.93. The number of rotatable bonds is 12. The van der Waals surface area contributed by atoms with Crippen LogP contribution in [0, 0.1) is 5.92 Å². The number of nitrogens with one attached hydrogen (secondary N) is 1. The average Bonchev–Trinajstić information content (AvgIpc) is 3.36. The van der Waals surface area contributed by atoms with Gasteiger partial charge in [0.2, 0.25) is 15.9 Å². The number of pyridine rings is 1. The third kappa shape index (κ3) is 6.98. The largest absolute Gasteiger partial charge is 0.508 e. The Labute approximate surface area is 233 Å². The summed E-state index contributed by atoms with van der Waals surface area (Å²) in [6.45, 7) is 3.64.